The van der Waals surface area contributed by atoms with Crippen LogP contribution < -0.4 is 9.64 Å². The van der Waals surface area contributed by atoms with Crippen molar-refractivity contribution in [2.45, 2.75) is 13.3 Å². The van der Waals surface area contributed by atoms with Crippen LogP contribution in [0.3, 0.4) is 0 Å². The maximum Gasteiger partial charge on any atom is 0.307 e. The number of hydrogen-bond donors (Lipinski definition) is 0. The highest BCUT2D eigenvalue weighted by Crippen LogP contribution is 2.25. The number of benzene rings is 1. The van der Waals surface area contributed by atoms with Gasteiger partial charge < -0.3 is 14.4 Å². The van der Waals surface area contributed by atoms with E-state index in [1.807, 2.05) is 11.8 Å². The SMILES string of the molecule is CCN(CCC(=O)OC)c1cc(OC)ccc1C#N. The average molecular weight is 262 g/mol. The molecule has 0 aromatic heterocycles. The van der Waals surface area contributed by atoms with E-state index in [1.165, 1.54) is 7.11 Å². The molecule has 0 heterocycles. The predicted molar refractivity (Wildman–Crippen MR) is 72.2 cm³/mol. The monoisotopic (exact) mass is 262 g/mol. The summed E-state index contributed by atoms with van der Waals surface area (Å²) in [6.07, 6.45) is 0.284. The Bertz CT molecular complexity index is 480. The molecule has 0 unspecified atom stereocenters. The van der Waals surface area contributed by atoms with Gasteiger partial charge in [-0.25, -0.2) is 0 Å². The van der Waals surface area contributed by atoms with Gasteiger partial charge in [0.1, 0.15) is 11.8 Å². The molecule has 5 heteroatoms. The summed E-state index contributed by atoms with van der Waals surface area (Å²) in [4.78, 5) is 13.2. The van der Waals surface area contributed by atoms with Crippen molar-refractivity contribution in [3.63, 3.8) is 0 Å². The minimum atomic E-state index is -0.264. The van der Waals surface area contributed by atoms with E-state index >= 15 is 0 Å². The molecular weight excluding hydrogens is 244 g/mol. The molecule has 0 aliphatic rings. The summed E-state index contributed by atoms with van der Waals surface area (Å²) in [6, 6.07) is 7.42. The third-order valence-corrected chi connectivity index (χ3v) is 2.86. The first-order valence-corrected chi connectivity index (χ1v) is 6.06. The van der Waals surface area contributed by atoms with Crippen LogP contribution in [-0.4, -0.2) is 33.3 Å². The number of nitriles is 1. The Labute approximate surface area is 113 Å². The molecule has 0 saturated carbocycles. The second-order valence-electron chi connectivity index (χ2n) is 3.90. The number of nitrogens with zero attached hydrogens (tertiary/aromatic N) is 2. The van der Waals surface area contributed by atoms with Crippen molar-refractivity contribution in [2.24, 2.45) is 0 Å². The van der Waals surface area contributed by atoms with Crippen LogP contribution in [0, 0.1) is 11.3 Å². The Morgan fingerprint density at radius 3 is 2.68 bits per heavy atom. The molecule has 0 spiro atoms. The standard InChI is InChI=1S/C14H18N2O3/c1-4-16(8-7-14(17)19-3)13-9-12(18-2)6-5-11(13)10-15/h5-6,9H,4,7-8H2,1-3H3. The number of methoxy groups -OCH3 is 2. The lowest BCUT2D eigenvalue weighted by Crippen LogP contribution is -2.26. The first-order chi connectivity index (χ1) is 9.15. The van der Waals surface area contributed by atoms with E-state index in [0.717, 1.165) is 5.69 Å². The fourth-order valence-electron chi connectivity index (χ4n) is 1.77. The van der Waals surface area contributed by atoms with Gasteiger partial charge in [-0.05, 0) is 19.1 Å². The fraction of sp³-hybridized carbons (Fsp3) is 0.429. The third-order valence-electron chi connectivity index (χ3n) is 2.86. The third kappa shape index (κ3) is 3.88. The number of ether oxygens (including phenoxy) is 2. The van der Waals surface area contributed by atoms with Gasteiger partial charge in [0.2, 0.25) is 0 Å². The van der Waals surface area contributed by atoms with Crippen molar-refractivity contribution in [1.82, 2.24) is 0 Å². The molecule has 0 fully saturated rings. The van der Waals surface area contributed by atoms with Gasteiger partial charge in [0.15, 0.2) is 0 Å². The zero-order chi connectivity index (χ0) is 14.3. The van der Waals surface area contributed by atoms with Crippen molar-refractivity contribution >= 4 is 11.7 Å². The first kappa shape index (κ1) is 14.8. The highest BCUT2D eigenvalue weighted by Gasteiger charge is 2.13. The lowest BCUT2D eigenvalue weighted by molar-refractivity contribution is -0.140. The molecule has 0 N–H and O–H groups in total. The fourth-order valence-corrected chi connectivity index (χ4v) is 1.77. The van der Waals surface area contributed by atoms with Crippen molar-refractivity contribution in [3.8, 4) is 11.8 Å². The van der Waals surface area contributed by atoms with Gasteiger partial charge in [0.05, 0.1) is 31.9 Å². The van der Waals surface area contributed by atoms with Gasteiger partial charge in [-0.3, -0.25) is 4.79 Å². The van der Waals surface area contributed by atoms with E-state index in [0.29, 0.717) is 24.4 Å². The van der Waals surface area contributed by atoms with E-state index in [2.05, 4.69) is 10.8 Å². The number of hydrogen-bond acceptors (Lipinski definition) is 5. The molecule has 0 aliphatic carbocycles. The van der Waals surface area contributed by atoms with Crippen molar-refractivity contribution in [1.29, 1.82) is 5.26 Å². The minimum Gasteiger partial charge on any atom is -0.497 e. The summed E-state index contributed by atoms with van der Waals surface area (Å²) in [7, 11) is 2.95. The normalized spacial score (nSPS) is 9.58. The summed E-state index contributed by atoms with van der Waals surface area (Å²) in [5, 5.41) is 9.14. The maximum atomic E-state index is 11.2. The Hall–Kier alpha value is -2.22. The number of anilines is 1. The molecule has 0 amide bonds. The number of rotatable bonds is 6. The van der Waals surface area contributed by atoms with Crippen molar-refractivity contribution < 1.29 is 14.3 Å². The molecule has 1 aromatic rings. The van der Waals surface area contributed by atoms with E-state index in [-0.39, 0.29) is 12.4 Å². The molecule has 0 atom stereocenters. The van der Waals surface area contributed by atoms with Crippen LogP contribution in [0.15, 0.2) is 18.2 Å². The Kier molecular flexibility index (Phi) is 5.68. The van der Waals surface area contributed by atoms with Crippen LogP contribution >= 0.6 is 0 Å². The van der Waals surface area contributed by atoms with Crippen LogP contribution in [0.4, 0.5) is 5.69 Å². The molecule has 1 aromatic carbocycles. The first-order valence-electron chi connectivity index (χ1n) is 6.06. The second kappa shape index (κ2) is 7.27. The summed E-state index contributed by atoms with van der Waals surface area (Å²) < 4.78 is 9.80. The lowest BCUT2D eigenvalue weighted by atomic mass is 10.1. The Morgan fingerprint density at radius 2 is 2.16 bits per heavy atom. The molecule has 102 valence electrons. The van der Waals surface area contributed by atoms with Crippen molar-refractivity contribution in [2.75, 3.05) is 32.2 Å². The van der Waals surface area contributed by atoms with E-state index in [1.54, 1.807) is 25.3 Å². The van der Waals surface area contributed by atoms with Gasteiger partial charge in [0, 0.05) is 19.2 Å². The van der Waals surface area contributed by atoms with Gasteiger partial charge in [-0.2, -0.15) is 5.26 Å². The second-order valence-corrected chi connectivity index (χ2v) is 3.90. The number of carbonyl (C=O) groups is 1. The largest absolute Gasteiger partial charge is 0.497 e. The highest BCUT2D eigenvalue weighted by molar-refractivity contribution is 5.70. The van der Waals surface area contributed by atoms with E-state index < -0.39 is 0 Å². The van der Waals surface area contributed by atoms with Gasteiger partial charge in [-0.1, -0.05) is 0 Å². The lowest BCUT2D eigenvalue weighted by Gasteiger charge is -2.24. The summed E-state index contributed by atoms with van der Waals surface area (Å²) >= 11 is 0. The van der Waals surface area contributed by atoms with E-state index in [4.69, 9.17) is 10.00 Å². The van der Waals surface area contributed by atoms with Gasteiger partial charge in [-0.15, -0.1) is 0 Å². The van der Waals surface area contributed by atoms with Crippen LogP contribution in [0.5, 0.6) is 5.75 Å². The molecule has 0 aliphatic heterocycles. The molecule has 1 rings (SSSR count). The zero-order valence-corrected chi connectivity index (χ0v) is 11.5. The average Bonchev–Trinajstić information content (AvgIpc) is 2.47. The summed E-state index contributed by atoms with van der Waals surface area (Å²) in [6.45, 7) is 3.17. The molecule has 0 radical (unpaired) electrons. The highest BCUT2D eigenvalue weighted by atomic mass is 16.5. The topological polar surface area (TPSA) is 62.6 Å². The van der Waals surface area contributed by atoms with Crippen LogP contribution in [0.1, 0.15) is 18.9 Å². The van der Waals surface area contributed by atoms with Crippen LogP contribution in [0.25, 0.3) is 0 Å². The molecule has 0 bridgehead atoms. The van der Waals surface area contributed by atoms with Gasteiger partial charge >= 0.3 is 5.97 Å². The smallest absolute Gasteiger partial charge is 0.307 e. The zero-order valence-electron chi connectivity index (χ0n) is 11.5. The maximum absolute atomic E-state index is 11.2. The number of carbonyl (C=O) groups excluding carboxylic acids is 1. The van der Waals surface area contributed by atoms with E-state index in [9.17, 15) is 4.79 Å². The molecule has 5 nitrogen and oxygen atoms in total. The van der Waals surface area contributed by atoms with Crippen molar-refractivity contribution in [3.05, 3.63) is 23.8 Å². The summed E-state index contributed by atoms with van der Waals surface area (Å²) in [5.41, 5.74) is 1.33. The summed E-state index contributed by atoms with van der Waals surface area (Å²) in [5.74, 6) is 0.422. The molecule has 0 saturated heterocycles. The Balaban J connectivity index is 2.96. The predicted octanol–water partition coefficient (Wildman–Crippen LogP) is 1.96. The minimum absolute atomic E-state index is 0.264. The van der Waals surface area contributed by atoms with Crippen LogP contribution in [0.2, 0.25) is 0 Å². The quantitative estimate of drug-likeness (QED) is 0.733. The molecular formula is C14H18N2O3. The number of esters is 1. The van der Waals surface area contributed by atoms with Gasteiger partial charge in [0.25, 0.3) is 0 Å². The molecule has 19 heavy (non-hydrogen) atoms. The Morgan fingerprint density at radius 1 is 1.42 bits per heavy atom. The van der Waals surface area contributed by atoms with Crippen LogP contribution in [-0.2, 0) is 9.53 Å².